The van der Waals surface area contributed by atoms with Crippen molar-refractivity contribution in [3.63, 3.8) is 0 Å². The standard InChI is InChI=1S/C13H24N2O4S/c1-12(2,3)19-11(16)15-10-5-6-13(15,8-14-7-10)9-20(4,17)18/h10,14H,5-9H2,1-4H3/t10-,13+/m0/s1. The summed E-state index contributed by atoms with van der Waals surface area (Å²) >= 11 is 0. The Labute approximate surface area is 120 Å². The van der Waals surface area contributed by atoms with Crippen LogP contribution in [0.2, 0.25) is 0 Å². The van der Waals surface area contributed by atoms with Crippen molar-refractivity contribution >= 4 is 15.9 Å². The average Bonchev–Trinajstić information content (AvgIpc) is 2.41. The number of carbonyl (C=O) groups is 1. The van der Waals surface area contributed by atoms with Gasteiger partial charge in [-0.15, -0.1) is 0 Å². The van der Waals surface area contributed by atoms with Crippen molar-refractivity contribution < 1.29 is 17.9 Å². The molecule has 0 aromatic carbocycles. The minimum absolute atomic E-state index is 0.0112. The number of ether oxygens (including phenoxy) is 1. The first kappa shape index (κ1) is 15.6. The molecule has 20 heavy (non-hydrogen) atoms. The maximum absolute atomic E-state index is 12.4. The molecular weight excluding hydrogens is 280 g/mol. The lowest BCUT2D eigenvalue weighted by Gasteiger charge is -2.44. The molecule has 0 aliphatic carbocycles. The first-order chi connectivity index (χ1) is 9.03. The molecule has 2 fully saturated rings. The third-order valence-electron chi connectivity index (χ3n) is 3.77. The molecule has 2 bridgehead atoms. The molecule has 1 N–H and O–H groups in total. The summed E-state index contributed by atoms with van der Waals surface area (Å²) in [6.45, 7) is 6.66. The molecular formula is C13H24N2O4S. The fourth-order valence-corrected chi connectivity index (χ4v) is 4.61. The summed E-state index contributed by atoms with van der Waals surface area (Å²) < 4.78 is 28.9. The van der Waals surface area contributed by atoms with Gasteiger partial charge in [-0.25, -0.2) is 13.2 Å². The van der Waals surface area contributed by atoms with Crippen LogP contribution in [0.4, 0.5) is 4.79 Å². The van der Waals surface area contributed by atoms with Crippen LogP contribution in [0.5, 0.6) is 0 Å². The van der Waals surface area contributed by atoms with Gasteiger partial charge in [0.2, 0.25) is 0 Å². The Balaban J connectivity index is 2.27. The molecule has 0 unspecified atom stereocenters. The first-order valence-electron chi connectivity index (χ1n) is 6.93. The molecule has 6 nitrogen and oxygen atoms in total. The van der Waals surface area contributed by atoms with E-state index in [1.807, 2.05) is 20.8 Å². The Morgan fingerprint density at radius 2 is 2.10 bits per heavy atom. The molecule has 1 amide bonds. The molecule has 116 valence electrons. The van der Waals surface area contributed by atoms with E-state index in [4.69, 9.17) is 4.74 Å². The Kier molecular flexibility index (Phi) is 3.79. The van der Waals surface area contributed by atoms with Crippen LogP contribution < -0.4 is 5.32 Å². The van der Waals surface area contributed by atoms with E-state index in [2.05, 4.69) is 5.32 Å². The number of rotatable bonds is 2. The fourth-order valence-electron chi connectivity index (χ4n) is 3.25. The van der Waals surface area contributed by atoms with Gasteiger partial charge in [-0.1, -0.05) is 0 Å². The quantitative estimate of drug-likeness (QED) is 0.815. The second-order valence-corrected chi connectivity index (χ2v) is 9.11. The molecule has 2 heterocycles. The zero-order chi connectivity index (χ0) is 15.2. The predicted molar refractivity (Wildman–Crippen MR) is 76.4 cm³/mol. The summed E-state index contributed by atoms with van der Waals surface area (Å²) in [6.07, 6.45) is 2.35. The minimum atomic E-state index is -3.17. The summed E-state index contributed by atoms with van der Waals surface area (Å²) in [6, 6.07) is 0.0281. The molecule has 2 aliphatic heterocycles. The Hall–Kier alpha value is -0.820. The zero-order valence-corrected chi connectivity index (χ0v) is 13.4. The van der Waals surface area contributed by atoms with Crippen LogP contribution in [0.15, 0.2) is 0 Å². The van der Waals surface area contributed by atoms with Crippen molar-refractivity contribution in [2.75, 3.05) is 25.1 Å². The second kappa shape index (κ2) is 4.87. The lowest BCUT2D eigenvalue weighted by Crippen LogP contribution is -2.65. The van der Waals surface area contributed by atoms with Gasteiger partial charge in [0, 0.05) is 25.4 Å². The van der Waals surface area contributed by atoms with E-state index in [9.17, 15) is 13.2 Å². The molecule has 0 aromatic rings. The van der Waals surface area contributed by atoms with Gasteiger partial charge in [-0.3, -0.25) is 4.90 Å². The van der Waals surface area contributed by atoms with Crippen LogP contribution in [0.1, 0.15) is 33.6 Å². The van der Waals surface area contributed by atoms with Gasteiger partial charge < -0.3 is 10.1 Å². The number of fused-ring (bicyclic) bond motifs is 2. The van der Waals surface area contributed by atoms with Crippen molar-refractivity contribution in [3.05, 3.63) is 0 Å². The van der Waals surface area contributed by atoms with Gasteiger partial charge >= 0.3 is 6.09 Å². The van der Waals surface area contributed by atoms with Gasteiger partial charge in [-0.05, 0) is 33.6 Å². The number of carbonyl (C=O) groups excluding carboxylic acids is 1. The number of sulfone groups is 1. The maximum Gasteiger partial charge on any atom is 0.411 e. The smallest absolute Gasteiger partial charge is 0.411 e. The lowest BCUT2D eigenvalue weighted by molar-refractivity contribution is -0.00535. The van der Waals surface area contributed by atoms with Crippen LogP contribution >= 0.6 is 0 Å². The highest BCUT2D eigenvalue weighted by Crippen LogP contribution is 2.38. The number of piperazine rings is 1. The zero-order valence-electron chi connectivity index (χ0n) is 12.6. The van der Waals surface area contributed by atoms with E-state index in [0.29, 0.717) is 19.5 Å². The Morgan fingerprint density at radius 3 is 2.65 bits per heavy atom. The molecule has 7 heteroatoms. The van der Waals surface area contributed by atoms with Crippen LogP contribution in [-0.4, -0.2) is 61.7 Å². The van der Waals surface area contributed by atoms with Crippen molar-refractivity contribution in [1.29, 1.82) is 0 Å². The van der Waals surface area contributed by atoms with Gasteiger partial charge in [0.1, 0.15) is 15.4 Å². The van der Waals surface area contributed by atoms with Crippen LogP contribution in [0.25, 0.3) is 0 Å². The molecule has 0 spiro atoms. The number of hydrogen-bond donors (Lipinski definition) is 1. The number of nitrogens with one attached hydrogen (secondary N) is 1. The highest BCUT2D eigenvalue weighted by molar-refractivity contribution is 7.90. The summed E-state index contributed by atoms with van der Waals surface area (Å²) in [5, 5.41) is 3.24. The number of nitrogens with zero attached hydrogens (tertiary/aromatic N) is 1. The van der Waals surface area contributed by atoms with Crippen molar-refractivity contribution in [2.24, 2.45) is 0 Å². The molecule has 2 saturated heterocycles. The molecule has 0 radical (unpaired) electrons. The lowest BCUT2D eigenvalue weighted by atomic mass is 9.99. The molecule has 2 aliphatic rings. The monoisotopic (exact) mass is 304 g/mol. The third-order valence-corrected chi connectivity index (χ3v) is 4.84. The van der Waals surface area contributed by atoms with Crippen molar-refractivity contribution in [3.8, 4) is 0 Å². The molecule has 2 rings (SSSR count). The SMILES string of the molecule is CC(C)(C)OC(=O)N1[C@H]2CC[C@]1(CS(C)(=O)=O)CNC2. The van der Waals surface area contributed by atoms with E-state index >= 15 is 0 Å². The highest BCUT2D eigenvalue weighted by Gasteiger charge is 2.53. The summed E-state index contributed by atoms with van der Waals surface area (Å²) in [7, 11) is -3.17. The van der Waals surface area contributed by atoms with E-state index < -0.39 is 27.1 Å². The topological polar surface area (TPSA) is 75.7 Å². The Morgan fingerprint density at radius 1 is 1.45 bits per heavy atom. The normalized spacial score (nSPS) is 30.4. The van der Waals surface area contributed by atoms with Crippen LogP contribution in [0.3, 0.4) is 0 Å². The molecule has 0 saturated carbocycles. The molecule has 0 aromatic heterocycles. The van der Waals surface area contributed by atoms with Gasteiger partial charge in [0.25, 0.3) is 0 Å². The number of hydrogen-bond acceptors (Lipinski definition) is 5. The van der Waals surface area contributed by atoms with E-state index in [1.54, 1.807) is 4.90 Å². The summed E-state index contributed by atoms with van der Waals surface area (Å²) in [4.78, 5) is 14.1. The fraction of sp³-hybridized carbons (Fsp3) is 0.923. The van der Waals surface area contributed by atoms with E-state index in [-0.39, 0.29) is 11.8 Å². The van der Waals surface area contributed by atoms with Crippen molar-refractivity contribution in [2.45, 2.75) is 50.8 Å². The van der Waals surface area contributed by atoms with Crippen LogP contribution in [-0.2, 0) is 14.6 Å². The largest absolute Gasteiger partial charge is 0.444 e. The summed E-state index contributed by atoms with van der Waals surface area (Å²) in [5.74, 6) is -0.0112. The summed E-state index contributed by atoms with van der Waals surface area (Å²) in [5.41, 5.74) is -1.23. The Bertz CT molecular complexity index is 493. The average molecular weight is 304 g/mol. The van der Waals surface area contributed by atoms with E-state index in [0.717, 1.165) is 6.42 Å². The third kappa shape index (κ3) is 3.25. The van der Waals surface area contributed by atoms with Gasteiger partial charge in [0.05, 0.1) is 11.3 Å². The van der Waals surface area contributed by atoms with Crippen LogP contribution in [0, 0.1) is 0 Å². The van der Waals surface area contributed by atoms with Gasteiger partial charge in [0.15, 0.2) is 0 Å². The van der Waals surface area contributed by atoms with E-state index in [1.165, 1.54) is 6.26 Å². The predicted octanol–water partition coefficient (Wildman–Crippen LogP) is 0.773. The first-order valence-corrected chi connectivity index (χ1v) is 8.99. The van der Waals surface area contributed by atoms with Gasteiger partial charge in [-0.2, -0.15) is 0 Å². The highest BCUT2D eigenvalue weighted by atomic mass is 32.2. The number of amides is 1. The van der Waals surface area contributed by atoms with Crippen molar-refractivity contribution in [1.82, 2.24) is 10.2 Å². The minimum Gasteiger partial charge on any atom is -0.444 e. The second-order valence-electron chi connectivity index (χ2n) is 6.97. The maximum atomic E-state index is 12.4. The molecule has 2 atom stereocenters.